The Morgan fingerprint density at radius 2 is 1.72 bits per heavy atom. The number of ether oxygens (including phenoxy) is 2. The first-order valence-corrected chi connectivity index (χ1v) is 11.5. The molecule has 0 aromatic heterocycles. The van der Waals surface area contributed by atoms with E-state index in [0.717, 1.165) is 22.2 Å². The van der Waals surface area contributed by atoms with E-state index in [0.29, 0.717) is 22.4 Å². The van der Waals surface area contributed by atoms with E-state index in [4.69, 9.17) is 9.47 Å². The number of aryl methyl sites for hydroxylation is 1. The molecule has 3 aromatic rings. The highest BCUT2D eigenvalue weighted by Crippen LogP contribution is 2.35. The minimum absolute atomic E-state index is 0.0119. The summed E-state index contributed by atoms with van der Waals surface area (Å²) in [4.78, 5) is 49.5. The molecule has 0 spiro atoms. The van der Waals surface area contributed by atoms with Crippen LogP contribution in [-0.2, 0) is 11.3 Å². The molecule has 36 heavy (non-hydrogen) atoms. The highest BCUT2D eigenvalue weighted by molar-refractivity contribution is 8.18. The molecule has 0 radical (unpaired) electrons. The van der Waals surface area contributed by atoms with Crippen LogP contribution in [0.2, 0.25) is 0 Å². The monoisotopic (exact) mass is 504 g/mol. The quantitative estimate of drug-likeness (QED) is 0.139. The summed E-state index contributed by atoms with van der Waals surface area (Å²) in [6, 6.07) is 17.4. The molecule has 9 nitrogen and oxygen atoms in total. The van der Waals surface area contributed by atoms with Crippen molar-refractivity contribution in [2.24, 2.45) is 0 Å². The van der Waals surface area contributed by atoms with Crippen molar-refractivity contribution in [3.8, 4) is 11.5 Å². The number of esters is 1. The summed E-state index contributed by atoms with van der Waals surface area (Å²) in [5.74, 6) is -0.549. The van der Waals surface area contributed by atoms with E-state index in [1.165, 1.54) is 37.5 Å². The normalized spacial score (nSPS) is 14.3. The number of carbonyl (C=O) groups excluding carboxylic acids is 3. The first kappa shape index (κ1) is 24.7. The number of thioether (sulfide) groups is 1. The molecule has 4 rings (SSSR count). The lowest BCUT2D eigenvalue weighted by molar-refractivity contribution is -0.384. The maximum atomic E-state index is 12.9. The molecule has 1 heterocycles. The molecule has 2 amide bonds. The van der Waals surface area contributed by atoms with Crippen molar-refractivity contribution in [1.82, 2.24) is 4.90 Å². The van der Waals surface area contributed by atoms with Crippen LogP contribution in [0.4, 0.5) is 10.5 Å². The van der Waals surface area contributed by atoms with Gasteiger partial charge in [-0.15, -0.1) is 0 Å². The van der Waals surface area contributed by atoms with Gasteiger partial charge >= 0.3 is 5.97 Å². The van der Waals surface area contributed by atoms with Crippen molar-refractivity contribution in [3.63, 3.8) is 0 Å². The van der Waals surface area contributed by atoms with E-state index < -0.39 is 22.0 Å². The maximum Gasteiger partial charge on any atom is 0.343 e. The van der Waals surface area contributed by atoms with Gasteiger partial charge in [0.15, 0.2) is 11.5 Å². The largest absolute Gasteiger partial charge is 0.493 e. The molecule has 0 atom stereocenters. The molecule has 0 saturated carbocycles. The van der Waals surface area contributed by atoms with Crippen LogP contribution in [-0.4, -0.2) is 34.0 Å². The standard InChI is InChI=1S/C26H20N2O7S/c1-16-3-8-19(9-4-16)25(30)35-22-13-18(7-12-21(22)34-2)14-23-24(29)27(26(31)36-23)15-17-5-10-20(11-6-17)28(32)33/h3-14H,15H2,1-2H3/b23-14-. The number of nitrogens with zero attached hydrogens (tertiary/aromatic N) is 2. The highest BCUT2D eigenvalue weighted by atomic mass is 32.2. The van der Waals surface area contributed by atoms with Crippen molar-refractivity contribution in [2.45, 2.75) is 13.5 Å². The Morgan fingerprint density at radius 1 is 1.03 bits per heavy atom. The van der Waals surface area contributed by atoms with Crippen molar-refractivity contribution in [2.75, 3.05) is 7.11 Å². The average molecular weight is 505 g/mol. The van der Waals surface area contributed by atoms with Crippen molar-refractivity contribution in [1.29, 1.82) is 0 Å². The van der Waals surface area contributed by atoms with E-state index in [-0.39, 0.29) is 22.9 Å². The van der Waals surface area contributed by atoms with Gasteiger partial charge < -0.3 is 9.47 Å². The number of imide groups is 1. The Balaban J connectivity index is 1.53. The van der Waals surface area contributed by atoms with Crippen LogP contribution in [0.15, 0.2) is 71.6 Å². The third-order valence-corrected chi connectivity index (χ3v) is 6.24. The van der Waals surface area contributed by atoms with Crippen molar-refractivity contribution in [3.05, 3.63) is 104 Å². The lowest BCUT2D eigenvalue weighted by atomic mass is 10.1. The third-order valence-electron chi connectivity index (χ3n) is 5.34. The van der Waals surface area contributed by atoms with Gasteiger partial charge in [-0.25, -0.2) is 4.79 Å². The van der Waals surface area contributed by atoms with E-state index in [2.05, 4.69) is 0 Å². The molecule has 0 aliphatic carbocycles. The molecule has 1 fully saturated rings. The maximum absolute atomic E-state index is 12.9. The molecule has 10 heteroatoms. The molecule has 182 valence electrons. The minimum Gasteiger partial charge on any atom is -0.493 e. The van der Waals surface area contributed by atoms with Crippen LogP contribution in [0, 0.1) is 17.0 Å². The smallest absolute Gasteiger partial charge is 0.343 e. The Hall–Kier alpha value is -4.44. The first-order valence-electron chi connectivity index (χ1n) is 10.7. The fraction of sp³-hybridized carbons (Fsp3) is 0.115. The fourth-order valence-corrected chi connectivity index (χ4v) is 4.24. The lowest BCUT2D eigenvalue weighted by Gasteiger charge is -2.12. The van der Waals surface area contributed by atoms with Gasteiger partial charge in [0.1, 0.15) is 0 Å². The van der Waals surface area contributed by atoms with Gasteiger partial charge in [0, 0.05) is 12.1 Å². The molecule has 1 aliphatic rings. The zero-order valence-electron chi connectivity index (χ0n) is 19.3. The van der Waals surface area contributed by atoms with Crippen molar-refractivity contribution >= 4 is 40.6 Å². The third kappa shape index (κ3) is 5.44. The number of hydrogen-bond acceptors (Lipinski definition) is 8. The van der Waals surface area contributed by atoms with Crippen LogP contribution >= 0.6 is 11.8 Å². The first-order chi connectivity index (χ1) is 17.2. The zero-order chi connectivity index (χ0) is 25.8. The number of carbonyl (C=O) groups is 3. The predicted octanol–water partition coefficient (Wildman–Crippen LogP) is 5.37. The second-order valence-corrected chi connectivity index (χ2v) is 8.85. The van der Waals surface area contributed by atoms with E-state index in [9.17, 15) is 24.5 Å². The second kappa shape index (κ2) is 10.4. The average Bonchev–Trinajstić information content (AvgIpc) is 3.12. The zero-order valence-corrected chi connectivity index (χ0v) is 20.1. The summed E-state index contributed by atoms with van der Waals surface area (Å²) in [5.41, 5.74) is 2.42. The lowest BCUT2D eigenvalue weighted by Crippen LogP contribution is -2.27. The summed E-state index contributed by atoms with van der Waals surface area (Å²) >= 11 is 0.783. The van der Waals surface area contributed by atoms with Gasteiger partial charge in [-0.05, 0) is 60.2 Å². The van der Waals surface area contributed by atoms with E-state index in [1.54, 1.807) is 42.5 Å². The topological polar surface area (TPSA) is 116 Å². The number of nitro benzene ring substituents is 1. The fourth-order valence-electron chi connectivity index (χ4n) is 3.40. The number of hydrogen-bond donors (Lipinski definition) is 0. The number of methoxy groups -OCH3 is 1. The van der Waals surface area contributed by atoms with Crippen molar-refractivity contribution < 1.29 is 28.8 Å². The molecule has 0 N–H and O–H groups in total. The van der Waals surface area contributed by atoms with Gasteiger partial charge in [0.05, 0.1) is 29.0 Å². The molecule has 0 bridgehead atoms. The number of nitro groups is 1. The summed E-state index contributed by atoms with van der Waals surface area (Å²) in [5, 5.41) is 10.4. The number of rotatable bonds is 7. The summed E-state index contributed by atoms with van der Waals surface area (Å²) in [6.07, 6.45) is 1.53. The van der Waals surface area contributed by atoms with E-state index in [1.807, 2.05) is 6.92 Å². The van der Waals surface area contributed by atoms with Crippen LogP contribution in [0.1, 0.15) is 27.0 Å². The number of benzene rings is 3. The Kier molecular flexibility index (Phi) is 7.16. The van der Waals surface area contributed by atoms with Crippen LogP contribution in [0.25, 0.3) is 6.08 Å². The van der Waals surface area contributed by atoms with Crippen LogP contribution < -0.4 is 9.47 Å². The number of non-ortho nitro benzene ring substituents is 1. The summed E-state index contributed by atoms with van der Waals surface area (Å²) < 4.78 is 10.8. The Bertz CT molecular complexity index is 1380. The summed E-state index contributed by atoms with van der Waals surface area (Å²) in [6.45, 7) is 1.90. The minimum atomic E-state index is -0.561. The predicted molar refractivity (Wildman–Crippen MR) is 134 cm³/mol. The van der Waals surface area contributed by atoms with Gasteiger partial charge in [-0.2, -0.15) is 0 Å². The van der Waals surface area contributed by atoms with Crippen LogP contribution in [0.5, 0.6) is 11.5 Å². The highest BCUT2D eigenvalue weighted by Gasteiger charge is 2.35. The molecule has 0 unspecified atom stereocenters. The molecule has 3 aromatic carbocycles. The summed E-state index contributed by atoms with van der Waals surface area (Å²) in [7, 11) is 1.45. The Morgan fingerprint density at radius 3 is 2.36 bits per heavy atom. The molecule has 1 saturated heterocycles. The van der Waals surface area contributed by atoms with Crippen LogP contribution in [0.3, 0.4) is 0 Å². The molecular formula is C26H20N2O7S. The van der Waals surface area contributed by atoms with E-state index >= 15 is 0 Å². The van der Waals surface area contributed by atoms with Gasteiger partial charge in [0.2, 0.25) is 0 Å². The molecular weight excluding hydrogens is 484 g/mol. The van der Waals surface area contributed by atoms with Gasteiger partial charge in [-0.3, -0.25) is 24.6 Å². The van der Waals surface area contributed by atoms with Gasteiger partial charge in [-0.1, -0.05) is 35.9 Å². The Labute approximate surface area is 210 Å². The molecule has 1 aliphatic heterocycles. The number of amides is 2. The van der Waals surface area contributed by atoms with Gasteiger partial charge in [0.25, 0.3) is 16.8 Å². The SMILES string of the molecule is COc1ccc(/C=C2\SC(=O)N(Cc3ccc([N+](=O)[O-])cc3)C2=O)cc1OC(=O)c1ccc(C)cc1. The second-order valence-electron chi connectivity index (χ2n) is 7.86.